The Labute approximate surface area is 127 Å². The molecule has 2 amide bonds. The van der Waals surface area contributed by atoms with Gasteiger partial charge >= 0.3 is 0 Å². The number of amides is 2. The van der Waals surface area contributed by atoms with Crippen LogP contribution in [0.4, 0.5) is 0 Å². The minimum absolute atomic E-state index is 0.00681. The number of carbonyl (C=O) groups excluding carboxylic acids is 3. The summed E-state index contributed by atoms with van der Waals surface area (Å²) in [6, 6.07) is -0.0884. The first-order valence-corrected chi connectivity index (χ1v) is 7.72. The molecule has 21 heavy (non-hydrogen) atoms. The Morgan fingerprint density at radius 3 is 2.14 bits per heavy atom. The standard InChI is InChI=1S/C15H29N3O3/c1-4-7-14(20)18-11-9-15(21)17-10-6-5-8-13(16-3)12(2)19/h13,16H,4-11H2,1-3H3,(H,17,21)(H,18,20). The van der Waals surface area contributed by atoms with Crippen LogP contribution < -0.4 is 16.0 Å². The summed E-state index contributed by atoms with van der Waals surface area (Å²) < 4.78 is 0. The van der Waals surface area contributed by atoms with Gasteiger partial charge in [-0.15, -0.1) is 0 Å². The van der Waals surface area contributed by atoms with Crippen molar-refractivity contribution in [3.63, 3.8) is 0 Å². The highest BCUT2D eigenvalue weighted by molar-refractivity contribution is 5.81. The SMILES string of the molecule is CCCC(=O)NCCC(=O)NCCCCC(NC)C(C)=O. The highest BCUT2D eigenvalue weighted by Gasteiger charge is 2.10. The predicted octanol–water partition coefficient (Wildman–Crippen LogP) is 0.756. The van der Waals surface area contributed by atoms with Crippen molar-refractivity contribution in [3.8, 4) is 0 Å². The van der Waals surface area contributed by atoms with Crippen LogP contribution in [0, 0.1) is 0 Å². The molecule has 0 bridgehead atoms. The molecule has 0 fully saturated rings. The van der Waals surface area contributed by atoms with E-state index in [-0.39, 0.29) is 23.6 Å². The molecule has 0 rings (SSSR count). The predicted molar refractivity (Wildman–Crippen MR) is 82.9 cm³/mol. The molecule has 3 N–H and O–H groups in total. The Hall–Kier alpha value is -1.43. The number of hydrogen-bond donors (Lipinski definition) is 3. The molecule has 6 nitrogen and oxygen atoms in total. The van der Waals surface area contributed by atoms with E-state index in [1.165, 1.54) is 0 Å². The third-order valence-corrected chi connectivity index (χ3v) is 3.23. The fourth-order valence-corrected chi connectivity index (χ4v) is 1.97. The third-order valence-electron chi connectivity index (χ3n) is 3.23. The van der Waals surface area contributed by atoms with Crippen LogP contribution >= 0.6 is 0 Å². The lowest BCUT2D eigenvalue weighted by Gasteiger charge is -2.12. The zero-order valence-electron chi connectivity index (χ0n) is 13.5. The monoisotopic (exact) mass is 299 g/mol. The number of carbonyl (C=O) groups is 3. The number of Topliss-reactive ketones (excluding diaryl/α,β-unsaturated/α-hetero) is 1. The van der Waals surface area contributed by atoms with Gasteiger partial charge in [-0.25, -0.2) is 0 Å². The van der Waals surface area contributed by atoms with Gasteiger partial charge in [-0.05, 0) is 39.7 Å². The van der Waals surface area contributed by atoms with Gasteiger partial charge in [0, 0.05) is 25.9 Å². The van der Waals surface area contributed by atoms with Gasteiger partial charge in [-0.1, -0.05) is 6.92 Å². The Kier molecular flexibility index (Phi) is 11.5. The number of unbranched alkanes of at least 4 members (excludes halogenated alkanes) is 1. The fraction of sp³-hybridized carbons (Fsp3) is 0.800. The maximum Gasteiger partial charge on any atom is 0.221 e. The van der Waals surface area contributed by atoms with E-state index in [0.29, 0.717) is 25.9 Å². The van der Waals surface area contributed by atoms with Crippen molar-refractivity contribution in [2.75, 3.05) is 20.1 Å². The van der Waals surface area contributed by atoms with Crippen LogP contribution in [0.2, 0.25) is 0 Å². The highest BCUT2D eigenvalue weighted by atomic mass is 16.2. The van der Waals surface area contributed by atoms with E-state index < -0.39 is 0 Å². The molecule has 0 aliphatic rings. The van der Waals surface area contributed by atoms with Crippen molar-refractivity contribution < 1.29 is 14.4 Å². The lowest BCUT2D eigenvalue weighted by atomic mass is 10.1. The van der Waals surface area contributed by atoms with Gasteiger partial charge in [0.15, 0.2) is 0 Å². The van der Waals surface area contributed by atoms with E-state index in [0.717, 1.165) is 25.7 Å². The first kappa shape index (κ1) is 19.6. The minimum Gasteiger partial charge on any atom is -0.356 e. The van der Waals surface area contributed by atoms with Gasteiger partial charge in [-0.3, -0.25) is 14.4 Å². The topological polar surface area (TPSA) is 87.3 Å². The molecular formula is C15H29N3O3. The maximum atomic E-state index is 11.5. The molecule has 0 saturated heterocycles. The van der Waals surface area contributed by atoms with Crippen molar-refractivity contribution in [1.82, 2.24) is 16.0 Å². The quantitative estimate of drug-likeness (QED) is 0.464. The molecule has 6 heteroatoms. The van der Waals surface area contributed by atoms with E-state index in [4.69, 9.17) is 0 Å². The molecule has 1 unspecified atom stereocenters. The molecule has 122 valence electrons. The number of hydrogen-bond acceptors (Lipinski definition) is 4. The van der Waals surface area contributed by atoms with Gasteiger partial charge in [-0.2, -0.15) is 0 Å². The van der Waals surface area contributed by atoms with E-state index >= 15 is 0 Å². The molecule has 0 aliphatic heterocycles. The number of nitrogens with one attached hydrogen (secondary N) is 3. The van der Waals surface area contributed by atoms with E-state index in [9.17, 15) is 14.4 Å². The molecule has 0 aromatic carbocycles. The molecule has 0 aromatic heterocycles. The summed E-state index contributed by atoms with van der Waals surface area (Å²) in [6.45, 7) is 4.51. The molecule has 0 saturated carbocycles. The summed E-state index contributed by atoms with van der Waals surface area (Å²) >= 11 is 0. The van der Waals surface area contributed by atoms with Gasteiger partial charge in [0.2, 0.25) is 11.8 Å². The van der Waals surface area contributed by atoms with Crippen molar-refractivity contribution >= 4 is 17.6 Å². The van der Waals surface area contributed by atoms with Crippen LogP contribution in [0.25, 0.3) is 0 Å². The average Bonchev–Trinajstić information content (AvgIpc) is 2.42. The van der Waals surface area contributed by atoms with E-state index in [1.807, 2.05) is 6.92 Å². The van der Waals surface area contributed by atoms with Crippen LogP contribution in [-0.4, -0.2) is 43.8 Å². The molecule has 0 aromatic rings. The van der Waals surface area contributed by atoms with E-state index in [1.54, 1.807) is 14.0 Å². The van der Waals surface area contributed by atoms with Crippen molar-refractivity contribution in [1.29, 1.82) is 0 Å². The second kappa shape index (κ2) is 12.3. The zero-order valence-corrected chi connectivity index (χ0v) is 13.5. The van der Waals surface area contributed by atoms with Gasteiger partial charge in [0.1, 0.15) is 5.78 Å². The minimum atomic E-state index is -0.0884. The van der Waals surface area contributed by atoms with Gasteiger partial charge < -0.3 is 16.0 Å². The van der Waals surface area contributed by atoms with Crippen LogP contribution in [0.3, 0.4) is 0 Å². The van der Waals surface area contributed by atoms with E-state index in [2.05, 4.69) is 16.0 Å². The summed E-state index contributed by atoms with van der Waals surface area (Å²) in [5.41, 5.74) is 0. The van der Waals surface area contributed by atoms with Crippen molar-refractivity contribution in [3.05, 3.63) is 0 Å². The molecule has 0 spiro atoms. The molecule has 0 aliphatic carbocycles. The van der Waals surface area contributed by atoms with Crippen molar-refractivity contribution in [2.24, 2.45) is 0 Å². The molecule has 0 heterocycles. The number of likely N-dealkylation sites (N-methyl/N-ethyl adjacent to an activating group) is 1. The normalized spacial score (nSPS) is 11.8. The average molecular weight is 299 g/mol. The van der Waals surface area contributed by atoms with Crippen LogP contribution in [-0.2, 0) is 14.4 Å². The summed E-state index contributed by atoms with van der Waals surface area (Å²) in [7, 11) is 1.78. The number of rotatable bonds is 12. The third kappa shape index (κ3) is 11.0. The number of ketones is 1. The zero-order chi connectivity index (χ0) is 16.1. The second-order valence-corrected chi connectivity index (χ2v) is 5.15. The lowest BCUT2D eigenvalue weighted by Crippen LogP contribution is -2.33. The van der Waals surface area contributed by atoms with Crippen LogP contribution in [0.1, 0.15) is 52.4 Å². The molecule has 1 atom stereocenters. The Morgan fingerprint density at radius 1 is 0.952 bits per heavy atom. The molecule has 0 radical (unpaired) electrons. The summed E-state index contributed by atoms with van der Waals surface area (Å²) in [5, 5.41) is 8.49. The summed E-state index contributed by atoms with van der Waals surface area (Å²) in [4.78, 5) is 33.9. The fourth-order valence-electron chi connectivity index (χ4n) is 1.97. The van der Waals surface area contributed by atoms with Crippen LogP contribution in [0.5, 0.6) is 0 Å². The summed E-state index contributed by atoms with van der Waals surface area (Å²) in [6.07, 6.45) is 4.14. The van der Waals surface area contributed by atoms with Crippen molar-refractivity contribution in [2.45, 2.75) is 58.4 Å². The van der Waals surface area contributed by atoms with Crippen LogP contribution in [0.15, 0.2) is 0 Å². The Bertz CT molecular complexity index is 332. The summed E-state index contributed by atoms with van der Waals surface area (Å²) in [5.74, 6) is 0.0838. The Balaban J connectivity index is 3.54. The first-order valence-electron chi connectivity index (χ1n) is 7.72. The molecular weight excluding hydrogens is 270 g/mol. The Morgan fingerprint density at radius 2 is 1.57 bits per heavy atom. The lowest BCUT2D eigenvalue weighted by molar-refractivity contribution is -0.122. The van der Waals surface area contributed by atoms with Gasteiger partial charge in [0.25, 0.3) is 0 Å². The second-order valence-electron chi connectivity index (χ2n) is 5.15. The first-order chi connectivity index (χ1) is 10.0. The maximum absolute atomic E-state index is 11.5. The highest BCUT2D eigenvalue weighted by Crippen LogP contribution is 2.01. The van der Waals surface area contributed by atoms with Gasteiger partial charge in [0.05, 0.1) is 6.04 Å². The smallest absolute Gasteiger partial charge is 0.221 e. The largest absolute Gasteiger partial charge is 0.356 e.